The van der Waals surface area contributed by atoms with Crippen molar-refractivity contribution in [2.75, 3.05) is 21.3 Å². The Morgan fingerprint density at radius 2 is 1.79 bits per heavy atom. The van der Waals surface area contributed by atoms with Crippen molar-refractivity contribution < 1.29 is 28.5 Å². The lowest BCUT2D eigenvalue weighted by atomic mass is 10.1. The fourth-order valence-corrected chi connectivity index (χ4v) is 2.98. The third kappa shape index (κ3) is 5.75. The molecule has 28 heavy (non-hydrogen) atoms. The van der Waals surface area contributed by atoms with Crippen LogP contribution in [0.5, 0.6) is 17.2 Å². The highest BCUT2D eigenvalue weighted by atomic mass is 32.1. The second kappa shape index (κ2) is 10.4. The van der Waals surface area contributed by atoms with Gasteiger partial charge in [-0.3, -0.25) is 4.79 Å². The van der Waals surface area contributed by atoms with Crippen LogP contribution in [0.15, 0.2) is 35.7 Å². The summed E-state index contributed by atoms with van der Waals surface area (Å²) in [6.45, 7) is 1.92. The maximum atomic E-state index is 12.1. The molecule has 0 aliphatic carbocycles. The molecule has 1 N–H and O–H groups in total. The molecule has 1 heterocycles. The van der Waals surface area contributed by atoms with Crippen molar-refractivity contribution in [3.63, 3.8) is 0 Å². The van der Waals surface area contributed by atoms with Gasteiger partial charge in [0.2, 0.25) is 0 Å². The van der Waals surface area contributed by atoms with Crippen LogP contribution >= 0.6 is 11.3 Å². The van der Waals surface area contributed by atoms with Crippen LogP contribution in [-0.2, 0) is 20.9 Å². The molecule has 0 unspecified atom stereocenters. The van der Waals surface area contributed by atoms with Crippen molar-refractivity contribution in [1.82, 2.24) is 5.32 Å². The zero-order valence-electron chi connectivity index (χ0n) is 16.2. The number of benzene rings is 1. The number of carbonyl (C=O) groups is 2. The van der Waals surface area contributed by atoms with Gasteiger partial charge in [0.1, 0.15) is 5.75 Å². The average Bonchev–Trinajstić information content (AvgIpc) is 3.23. The van der Waals surface area contributed by atoms with E-state index in [2.05, 4.69) is 5.32 Å². The first-order valence-corrected chi connectivity index (χ1v) is 9.35. The highest BCUT2D eigenvalue weighted by molar-refractivity contribution is 7.09. The van der Waals surface area contributed by atoms with Gasteiger partial charge < -0.3 is 24.3 Å². The fraction of sp³-hybridized carbons (Fsp3) is 0.300. The Kier molecular flexibility index (Phi) is 7.88. The van der Waals surface area contributed by atoms with Gasteiger partial charge >= 0.3 is 5.97 Å². The van der Waals surface area contributed by atoms with E-state index in [0.717, 1.165) is 4.88 Å². The van der Waals surface area contributed by atoms with Gasteiger partial charge in [-0.2, -0.15) is 0 Å². The summed E-state index contributed by atoms with van der Waals surface area (Å²) in [5, 5.41) is 4.66. The number of thiophene rings is 1. The highest BCUT2D eigenvalue weighted by Gasteiger charge is 2.16. The largest absolute Gasteiger partial charge is 0.496 e. The lowest BCUT2D eigenvalue weighted by Crippen LogP contribution is -2.34. The molecule has 0 aliphatic heterocycles. The molecule has 0 radical (unpaired) electrons. The number of rotatable bonds is 9. The number of nitrogens with one attached hydrogen (secondary N) is 1. The predicted molar refractivity (Wildman–Crippen MR) is 107 cm³/mol. The molecule has 1 atom stereocenters. The summed E-state index contributed by atoms with van der Waals surface area (Å²) in [6, 6.07) is 7.16. The third-order valence-electron chi connectivity index (χ3n) is 3.81. The van der Waals surface area contributed by atoms with Crippen molar-refractivity contribution in [3.8, 4) is 17.2 Å². The van der Waals surface area contributed by atoms with Crippen LogP contribution in [0.1, 0.15) is 17.4 Å². The summed E-state index contributed by atoms with van der Waals surface area (Å²) in [4.78, 5) is 25.1. The molecule has 2 rings (SSSR count). The first-order valence-electron chi connectivity index (χ1n) is 8.47. The summed E-state index contributed by atoms with van der Waals surface area (Å²) in [7, 11) is 4.55. The predicted octanol–water partition coefficient (Wildman–Crippen LogP) is 3.04. The normalized spacial score (nSPS) is 11.7. The third-order valence-corrected chi connectivity index (χ3v) is 4.69. The summed E-state index contributed by atoms with van der Waals surface area (Å²) in [5.41, 5.74) is 0.604. The zero-order chi connectivity index (χ0) is 20.5. The molecule has 150 valence electrons. The average molecular weight is 405 g/mol. The molecule has 1 aromatic heterocycles. The molecule has 0 saturated heterocycles. The van der Waals surface area contributed by atoms with Crippen molar-refractivity contribution in [2.24, 2.45) is 0 Å². The maximum Gasteiger partial charge on any atom is 0.331 e. The minimum absolute atomic E-state index is 0.362. The van der Waals surface area contributed by atoms with Crippen LogP contribution in [0.3, 0.4) is 0 Å². The molecular weight excluding hydrogens is 382 g/mol. The smallest absolute Gasteiger partial charge is 0.331 e. The van der Waals surface area contributed by atoms with Crippen LogP contribution in [0, 0.1) is 0 Å². The number of esters is 1. The van der Waals surface area contributed by atoms with Crippen LogP contribution in [-0.4, -0.2) is 39.3 Å². The summed E-state index contributed by atoms with van der Waals surface area (Å²) >= 11 is 1.54. The van der Waals surface area contributed by atoms with Crippen LogP contribution < -0.4 is 19.5 Å². The Labute approximate surface area is 167 Å². The van der Waals surface area contributed by atoms with Crippen LogP contribution in [0.25, 0.3) is 6.08 Å². The van der Waals surface area contributed by atoms with E-state index in [-0.39, 0.29) is 5.91 Å². The second-order valence-electron chi connectivity index (χ2n) is 5.66. The van der Waals surface area contributed by atoms with Gasteiger partial charge in [-0.15, -0.1) is 11.3 Å². The standard InChI is InChI=1S/C20H23NO6S/c1-13(20(23)21-12-15-6-5-9-28-15)27-19(22)8-7-14-10-17(25-3)18(26-4)11-16(14)24-2/h5-11,13H,12H2,1-4H3,(H,21,23)/b8-7+/t13-/m1/s1. The van der Waals surface area contributed by atoms with Gasteiger partial charge in [-0.05, 0) is 30.5 Å². The van der Waals surface area contributed by atoms with E-state index in [1.807, 2.05) is 17.5 Å². The molecule has 0 spiro atoms. The topological polar surface area (TPSA) is 83.1 Å². The molecule has 8 heteroatoms. The molecule has 1 aromatic carbocycles. The van der Waals surface area contributed by atoms with Crippen LogP contribution in [0.2, 0.25) is 0 Å². The minimum atomic E-state index is -0.913. The number of ether oxygens (including phenoxy) is 4. The Morgan fingerprint density at radius 3 is 2.39 bits per heavy atom. The molecule has 2 aromatic rings. The zero-order valence-corrected chi connectivity index (χ0v) is 17.0. The van der Waals surface area contributed by atoms with E-state index in [0.29, 0.717) is 29.4 Å². The molecule has 0 fully saturated rings. The molecule has 0 bridgehead atoms. The Bertz CT molecular complexity index is 831. The Hall–Kier alpha value is -3.00. The van der Waals surface area contributed by atoms with E-state index in [1.165, 1.54) is 40.4 Å². The van der Waals surface area contributed by atoms with Gasteiger partial charge in [-0.25, -0.2) is 4.79 Å². The van der Waals surface area contributed by atoms with E-state index >= 15 is 0 Å². The Morgan fingerprint density at radius 1 is 1.11 bits per heavy atom. The number of hydrogen-bond donors (Lipinski definition) is 1. The molecular formula is C20H23NO6S. The van der Waals surface area contributed by atoms with Gasteiger partial charge in [0.05, 0.1) is 27.9 Å². The SMILES string of the molecule is COc1cc(OC)c(OC)cc1/C=C/C(=O)O[C@H](C)C(=O)NCc1cccs1. The van der Waals surface area contributed by atoms with Gasteiger partial charge in [0.15, 0.2) is 17.6 Å². The lowest BCUT2D eigenvalue weighted by molar-refractivity contribution is -0.150. The van der Waals surface area contributed by atoms with Gasteiger partial charge in [0.25, 0.3) is 5.91 Å². The summed E-state index contributed by atoms with van der Waals surface area (Å²) in [6.07, 6.45) is 1.84. The molecule has 1 amide bonds. The van der Waals surface area contributed by atoms with E-state index in [4.69, 9.17) is 18.9 Å². The number of methoxy groups -OCH3 is 3. The summed E-state index contributed by atoms with van der Waals surface area (Å²) in [5.74, 6) is 0.505. The van der Waals surface area contributed by atoms with E-state index in [1.54, 1.807) is 23.5 Å². The van der Waals surface area contributed by atoms with Crippen molar-refractivity contribution in [1.29, 1.82) is 0 Å². The first-order chi connectivity index (χ1) is 13.5. The Balaban J connectivity index is 1.97. The van der Waals surface area contributed by atoms with Crippen molar-refractivity contribution in [3.05, 3.63) is 46.2 Å². The van der Waals surface area contributed by atoms with Crippen molar-refractivity contribution in [2.45, 2.75) is 19.6 Å². The second-order valence-corrected chi connectivity index (χ2v) is 6.69. The number of carbonyl (C=O) groups excluding carboxylic acids is 2. The van der Waals surface area contributed by atoms with E-state index < -0.39 is 12.1 Å². The van der Waals surface area contributed by atoms with Gasteiger partial charge in [-0.1, -0.05) is 6.07 Å². The quantitative estimate of drug-likeness (QED) is 0.510. The van der Waals surface area contributed by atoms with Crippen molar-refractivity contribution >= 4 is 29.3 Å². The van der Waals surface area contributed by atoms with E-state index in [9.17, 15) is 9.59 Å². The molecule has 0 saturated carbocycles. The monoisotopic (exact) mass is 405 g/mol. The maximum absolute atomic E-state index is 12.1. The first kappa shape index (κ1) is 21.3. The van der Waals surface area contributed by atoms with Gasteiger partial charge in [0, 0.05) is 22.6 Å². The minimum Gasteiger partial charge on any atom is -0.496 e. The number of amides is 1. The fourth-order valence-electron chi connectivity index (χ4n) is 2.34. The van der Waals surface area contributed by atoms with Crippen LogP contribution in [0.4, 0.5) is 0 Å². The molecule has 0 aliphatic rings. The summed E-state index contributed by atoms with van der Waals surface area (Å²) < 4.78 is 20.9. The molecule has 7 nitrogen and oxygen atoms in total. The lowest BCUT2D eigenvalue weighted by Gasteiger charge is -2.13. The number of hydrogen-bond acceptors (Lipinski definition) is 7. The highest BCUT2D eigenvalue weighted by Crippen LogP contribution is 2.35.